The monoisotopic (exact) mass is 512 g/mol. The SMILES string of the molecule is C/C(=N\OCc1ccc(C2=CC=CC(C)C2)c(C(F)(F)F)c1)c1ccc(CN2CCC(C(=O)O)C2)cc1. The minimum atomic E-state index is -4.47. The van der Waals surface area contributed by atoms with E-state index in [-0.39, 0.29) is 24.0 Å². The van der Waals surface area contributed by atoms with Crippen LogP contribution < -0.4 is 0 Å². The topological polar surface area (TPSA) is 62.1 Å². The minimum Gasteiger partial charge on any atom is -0.481 e. The van der Waals surface area contributed by atoms with E-state index in [0.717, 1.165) is 23.7 Å². The van der Waals surface area contributed by atoms with E-state index < -0.39 is 17.7 Å². The molecule has 1 heterocycles. The highest BCUT2D eigenvalue weighted by Crippen LogP contribution is 2.38. The van der Waals surface area contributed by atoms with Crippen LogP contribution >= 0.6 is 0 Å². The first-order valence-electron chi connectivity index (χ1n) is 12.4. The van der Waals surface area contributed by atoms with Gasteiger partial charge >= 0.3 is 12.1 Å². The molecule has 2 atom stereocenters. The first-order valence-corrected chi connectivity index (χ1v) is 12.4. The van der Waals surface area contributed by atoms with E-state index in [2.05, 4.69) is 10.1 Å². The van der Waals surface area contributed by atoms with Gasteiger partial charge in [-0.15, -0.1) is 0 Å². The second kappa shape index (κ2) is 11.3. The van der Waals surface area contributed by atoms with Crippen LogP contribution in [0.3, 0.4) is 0 Å². The Kier molecular flexibility index (Phi) is 8.17. The van der Waals surface area contributed by atoms with Crippen LogP contribution in [0.5, 0.6) is 0 Å². The zero-order chi connectivity index (χ0) is 26.6. The highest BCUT2D eigenvalue weighted by molar-refractivity contribution is 5.98. The van der Waals surface area contributed by atoms with Gasteiger partial charge in [0.15, 0.2) is 0 Å². The molecular formula is C29H31F3N2O3. The number of carbonyl (C=O) groups is 1. The maximum atomic E-state index is 13.8. The molecule has 0 saturated carbocycles. The molecule has 1 N–H and O–H groups in total. The average Bonchev–Trinajstić information content (AvgIpc) is 3.33. The molecule has 1 aliphatic carbocycles. The second-order valence-electron chi connectivity index (χ2n) is 9.84. The molecular weight excluding hydrogens is 481 g/mol. The van der Waals surface area contributed by atoms with Gasteiger partial charge in [-0.2, -0.15) is 13.2 Å². The molecule has 1 saturated heterocycles. The van der Waals surface area contributed by atoms with Crippen LogP contribution in [0, 0.1) is 11.8 Å². The number of hydrogen-bond acceptors (Lipinski definition) is 4. The summed E-state index contributed by atoms with van der Waals surface area (Å²) in [4.78, 5) is 18.7. The molecule has 2 aromatic rings. The van der Waals surface area contributed by atoms with Crippen molar-refractivity contribution in [3.8, 4) is 0 Å². The number of alkyl halides is 3. The summed E-state index contributed by atoms with van der Waals surface area (Å²) in [5.41, 5.74) is 3.14. The van der Waals surface area contributed by atoms with Crippen molar-refractivity contribution in [1.82, 2.24) is 4.90 Å². The van der Waals surface area contributed by atoms with Crippen LogP contribution in [-0.4, -0.2) is 34.8 Å². The van der Waals surface area contributed by atoms with Gasteiger partial charge in [0, 0.05) is 13.1 Å². The Bertz CT molecular complexity index is 1220. The normalized spacial score (nSPS) is 20.7. The molecule has 0 bridgehead atoms. The molecule has 196 valence electrons. The van der Waals surface area contributed by atoms with E-state index >= 15 is 0 Å². The Labute approximate surface area is 214 Å². The van der Waals surface area contributed by atoms with E-state index in [0.29, 0.717) is 42.8 Å². The third-order valence-corrected chi connectivity index (χ3v) is 6.85. The van der Waals surface area contributed by atoms with Gasteiger partial charge in [0.1, 0.15) is 6.61 Å². The predicted octanol–water partition coefficient (Wildman–Crippen LogP) is 6.53. The maximum absolute atomic E-state index is 13.8. The van der Waals surface area contributed by atoms with Crippen LogP contribution in [0.15, 0.2) is 65.8 Å². The number of carboxylic acid groups (broad SMARTS) is 1. The Morgan fingerprint density at radius 2 is 1.89 bits per heavy atom. The molecule has 0 radical (unpaired) electrons. The lowest BCUT2D eigenvalue weighted by Crippen LogP contribution is -2.22. The van der Waals surface area contributed by atoms with E-state index in [1.54, 1.807) is 19.1 Å². The number of likely N-dealkylation sites (tertiary alicyclic amines) is 1. The first kappa shape index (κ1) is 26.7. The molecule has 1 fully saturated rings. The lowest BCUT2D eigenvalue weighted by molar-refractivity contribution is -0.141. The van der Waals surface area contributed by atoms with Crippen molar-refractivity contribution < 1.29 is 27.9 Å². The summed E-state index contributed by atoms with van der Waals surface area (Å²) in [5, 5.41) is 13.3. The summed E-state index contributed by atoms with van der Waals surface area (Å²) in [7, 11) is 0. The van der Waals surface area contributed by atoms with Crippen molar-refractivity contribution in [2.75, 3.05) is 13.1 Å². The Morgan fingerprint density at radius 3 is 2.54 bits per heavy atom. The Hall–Kier alpha value is -3.39. The molecule has 0 amide bonds. The number of benzene rings is 2. The molecule has 0 aromatic heterocycles. The van der Waals surface area contributed by atoms with Gasteiger partial charge in [0.2, 0.25) is 0 Å². The predicted molar refractivity (Wildman–Crippen MR) is 137 cm³/mol. The highest BCUT2D eigenvalue weighted by atomic mass is 19.4. The number of rotatable bonds is 8. The highest BCUT2D eigenvalue weighted by Gasteiger charge is 2.34. The van der Waals surface area contributed by atoms with Crippen molar-refractivity contribution in [2.45, 2.75) is 46.0 Å². The van der Waals surface area contributed by atoms with Gasteiger partial charge in [-0.1, -0.05) is 66.7 Å². The average molecular weight is 513 g/mol. The molecule has 2 unspecified atom stereocenters. The van der Waals surface area contributed by atoms with Gasteiger partial charge < -0.3 is 9.94 Å². The summed E-state index contributed by atoms with van der Waals surface area (Å²) in [6, 6.07) is 12.1. The van der Waals surface area contributed by atoms with Gasteiger partial charge in [0.05, 0.1) is 17.2 Å². The fraction of sp³-hybridized carbons (Fsp3) is 0.379. The van der Waals surface area contributed by atoms with Crippen molar-refractivity contribution in [2.24, 2.45) is 17.0 Å². The number of oxime groups is 1. The Balaban J connectivity index is 1.38. The quantitative estimate of drug-likeness (QED) is 0.323. The fourth-order valence-corrected chi connectivity index (χ4v) is 4.78. The van der Waals surface area contributed by atoms with Crippen LogP contribution in [0.1, 0.15) is 54.5 Å². The van der Waals surface area contributed by atoms with Crippen molar-refractivity contribution in [1.29, 1.82) is 0 Å². The number of aliphatic carboxylic acids is 1. The van der Waals surface area contributed by atoms with Gasteiger partial charge in [0.25, 0.3) is 0 Å². The standard InChI is InChI=1S/C29H31F3N2O3/c1-19-4-3-5-24(14-19)26-11-8-22(15-27(26)29(30,31)32)18-37-33-20(2)23-9-6-21(7-10-23)16-34-13-12-25(17-34)28(35)36/h3-11,15,19,25H,12-14,16-18H2,1-2H3,(H,35,36)/b33-20+. The van der Waals surface area contributed by atoms with E-state index in [1.165, 1.54) is 6.07 Å². The molecule has 2 aromatic carbocycles. The third kappa shape index (κ3) is 6.89. The van der Waals surface area contributed by atoms with Crippen LogP contribution in [0.25, 0.3) is 5.57 Å². The summed E-state index contributed by atoms with van der Waals surface area (Å²) in [5.74, 6) is -0.858. The van der Waals surface area contributed by atoms with Crippen molar-refractivity contribution in [3.05, 3.63) is 88.5 Å². The van der Waals surface area contributed by atoms with Crippen LogP contribution in [0.2, 0.25) is 0 Å². The maximum Gasteiger partial charge on any atom is 0.417 e. The van der Waals surface area contributed by atoms with E-state index in [4.69, 9.17) is 9.94 Å². The van der Waals surface area contributed by atoms with Crippen LogP contribution in [-0.2, 0) is 29.0 Å². The zero-order valence-electron chi connectivity index (χ0n) is 21.0. The van der Waals surface area contributed by atoms with E-state index in [9.17, 15) is 18.0 Å². The number of allylic oxidation sites excluding steroid dienone is 4. The number of nitrogens with zero attached hydrogens (tertiary/aromatic N) is 2. The van der Waals surface area contributed by atoms with E-state index in [1.807, 2.05) is 43.3 Å². The lowest BCUT2D eigenvalue weighted by atomic mass is 9.88. The van der Waals surface area contributed by atoms with Crippen molar-refractivity contribution in [3.63, 3.8) is 0 Å². The first-order chi connectivity index (χ1) is 17.6. The summed E-state index contributed by atoms with van der Waals surface area (Å²) in [6.45, 7) is 5.68. The molecule has 1 aliphatic heterocycles. The molecule has 8 heteroatoms. The molecule has 4 rings (SSSR count). The summed E-state index contributed by atoms with van der Waals surface area (Å²) < 4.78 is 41.5. The Morgan fingerprint density at radius 1 is 1.16 bits per heavy atom. The van der Waals surface area contributed by atoms with Gasteiger partial charge in [-0.25, -0.2) is 0 Å². The third-order valence-electron chi connectivity index (χ3n) is 6.85. The molecule has 0 spiro atoms. The number of halogens is 3. The smallest absolute Gasteiger partial charge is 0.417 e. The van der Waals surface area contributed by atoms with Gasteiger partial charge in [-0.3, -0.25) is 9.69 Å². The molecule has 5 nitrogen and oxygen atoms in total. The van der Waals surface area contributed by atoms with Crippen LogP contribution in [0.4, 0.5) is 13.2 Å². The zero-order valence-corrected chi connectivity index (χ0v) is 21.0. The molecule has 2 aliphatic rings. The second-order valence-corrected chi connectivity index (χ2v) is 9.84. The molecule has 37 heavy (non-hydrogen) atoms. The number of hydrogen-bond donors (Lipinski definition) is 1. The number of carboxylic acids is 1. The summed E-state index contributed by atoms with van der Waals surface area (Å²) >= 11 is 0. The lowest BCUT2D eigenvalue weighted by Gasteiger charge is -2.20. The van der Waals surface area contributed by atoms with Crippen molar-refractivity contribution >= 4 is 17.3 Å². The fourth-order valence-electron chi connectivity index (χ4n) is 4.78. The largest absolute Gasteiger partial charge is 0.481 e. The summed E-state index contributed by atoms with van der Waals surface area (Å²) in [6.07, 6.45) is 2.30. The van der Waals surface area contributed by atoms with Gasteiger partial charge in [-0.05, 0) is 66.1 Å². The minimum absolute atomic E-state index is 0.0756.